The third-order valence-electron chi connectivity index (χ3n) is 3.07. The van der Waals surface area contributed by atoms with Gasteiger partial charge in [-0.3, -0.25) is 9.58 Å². The highest BCUT2D eigenvalue weighted by Gasteiger charge is 2.15. The van der Waals surface area contributed by atoms with Gasteiger partial charge in [-0.1, -0.05) is 30.3 Å². The van der Waals surface area contributed by atoms with Gasteiger partial charge in [-0.25, -0.2) is 0 Å². The number of aromatic nitrogens is 2. The highest BCUT2D eigenvalue weighted by molar-refractivity contribution is 5.15. The Kier molecular flexibility index (Phi) is 2.46. The van der Waals surface area contributed by atoms with Crippen molar-refractivity contribution >= 4 is 0 Å². The summed E-state index contributed by atoms with van der Waals surface area (Å²) >= 11 is 0. The van der Waals surface area contributed by atoms with E-state index in [1.165, 1.54) is 11.3 Å². The molecule has 0 spiro atoms. The minimum Gasteiger partial charge on any atom is -0.291 e. The summed E-state index contributed by atoms with van der Waals surface area (Å²) in [5.41, 5.74) is 2.71. The molecule has 2 heterocycles. The molecule has 1 aliphatic heterocycles. The van der Waals surface area contributed by atoms with E-state index < -0.39 is 0 Å². The van der Waals surface area contributed by atoms with E-state index in [1.54, 1.807) is 0 Å². The minimum absolute atomic E-state index is 1.01. The Bertz CT molecular complexity index is 461. The summed E-state index contributed by atoms with van der Waals surface area (Å²) in [6.07, 6.45) is 1.89. The van der Waals surface area contributed by atoms with Crippen molar-refractivity contribution in [3.8, 4) is 0 Å². The number of rotatable bonds is 2. The van der Waals surface area contributed by atoms with Crippen molar-refractivity contribution in [1.82, 2.24) is 14.7 Å². The Morgan fingerprint density at radius 2 is 1.94 bits per heavy atom. The summed E-state index contributed by atoms with van der Waals surface area (Å²) in [6.45, 7) is 4.14. The molecule has 0 aliphatic carbocycles. The summed E-state index contributed by atoms with van der Waals surface area (Å²) in [6, 6.07) is 12.7. The molecule has 0 saturated carbocycles. The lowest BCUT2D eigenvalue weighted by atomic mass is 10.2. The first-order chi connectivity index (χ1) is 7.92. The van der Waals surface area contributed by atoms with E-state index in [4.69, 9.17) is 0 Å². The SMILES string of the molecule is c1ccc(CN2CCn3nccc3C2)cc1. The zero-order valence-corrected chi connectivity index (χ0v) is 9.21. The van der Waals surface area contributed by atoms with Crippen LogP contribution in [-0.2, 0) is 19.6 Å². The van der Waals surface area contributed by atoms with Gasteiger partial charge in [0, 0.05) is 25.8 Å². The van der Waals surface area contributed by atoms with E-state index in [0.29, 0.717) is 0 Å². The summed E-state index contributed by atoms with van der Waals surface area (Å²) in [4.78, 5) is 2.46. The second kappa shape index (κ2) is 4.10. The highest BCUT2D eigenvalue weighted by Crippen LogP contribution is 2.13. The molecule has 1 aromatic carbocycles. The van der Waals surface area contributed by atoms with Crippen LogP contribution in [0.1, 0.15) is 11.3 Å². The van der Waals surface area contributed by atoms with E-state index in [1.807, 2.05) is 6.20 Å². The van der Waals surface area contributed by atoms with E-state index in [9.17, 15) is 0 Å². The number of nitrogens with zero attached hydrogens (tertiary/aromatic N) is 3. The smallest absolute Gasteiger partial charge is 0.0540 e. The van der Waals surface area contributed by atoms with Crippen LogP contribution in [0, 0.1) is 0 Å². The van der Waals surface area contributed by atoms with Crippen molar-refractivity contribution in [3.05, 3.63) is 53.9 Å². The molecule has 1 aliphatic rings. The first-order valence-electron chi connectivity index (χ1n) is 5.69. The first-order valence-corrected chi connectivity index (χ1v) is 5.69. The average molecular weight is 213 g/mol. The fourth-order valence-electron chi connectivity index (χ4n) is 2.22. The van der Waals surface area contributed by atoms with E-state index >= 15 is 0 Å². The number of hydrogen-bond acceptors (Lipinski definition) is 2. The van der Waals surface area contributed by atoms with Crippen LogP contribution in [0.3, 0.4) is 0 Å². The molecular formula is C13H15N3. The maximum absolute atomic E-state index is 4.29. The fraction of sp³-hybridized carbons (Fsp3) is 0.308. The highest BCUT2D eigenvalue weighted by atomic mass is 15.3. The summed E-state index contributed by atoms with van der Waals surface area (Å²) in [7, 11) is 0. The molecule has 0 fully saturated rings. The van der Waals surface area contributed by atoms with Gasteiger partial charge in [0.1, 0.15) is 0 Å². The summed E-state index contributed by atoms with van der Waals surface area (Å²) < 4.78 is 2.10. The maximum atomic E-state index is 4.29. The van der Waals surface area contributed by atoms with Crippen LogP contribution in [0.25, 0.3) is 0 Å². The van der Waals surface area contributed by atoms with Crippen LogP contribution in [0.5, 0.6) is 0 Å². The number of benzene rings is 1. The molecule has 16 heavy (non-hydrogen) atoms. The normalized spacial score (nSPS) is 16.0. The topological polar surface area (TPSA) is 21.1 Å². The molecule has 0 amide bonds. The van der Waals surface area contributed by atoms with Crippen LogP contribution < -0.4 is 0 Å². The van der Waals surface area contributed by atoms with Gasteiger partial charge in [0.25, 0.3) is 0 Å². The van der Waals surface area contributed by atoms with Crippen molar-refractivity contribution in [3.63, 3.8) is 0 Å². The van der Waals surface area contributed by atoms with Gasteiger partial charge in [0.2, 0.25) is 0 Å². The Balaban J connectivity index is 1.71. The Hall–Kier alpha value is -1.61. The Morgan fingerprint density at radius 1 is 1.06 bits per heavy atom. The molecule has 2 aromatic rings. The van der Waals surface area contributed by atoms with Crippen molar-refractivity contribution in [2.45, 2.75) is 19.6 Å². The van der Waals surface area contributed by atoms with E-state index in [0.717, 1.165) is 26.2 Å². The molecule has 1 aromatic heterocycles. The van der Waals surface area contributed by atoms with Gasteiger partial charge < -0.3 is 0 Å². The van der Waals surface area contributed by atoms with Crippen LogP contribution in [-0.4, -0.2) is 21.2 Å². The lowest BCUT2D eigenvalue weighted by Gasteiger charge is -2.27. The standard InChI is InChI=1S/C13H15N3/c1-2-4-12(5-3-1)10-15-8-9-16-13(11-15)6-7-14-16/h1-7H,8-11H2. The van der Waals surface area contributed by atoms with Crippen molar-refractivity contribution in [1.29, 1.82) is 0 Å². The van der Waals surface area contributed by atoms with Gasteiger partial charge in [-0.2, -0.15) is 5.10 Å². The van der Waals surface area contributed by atoms with Gasteiger partial charge in [0.05, 0.1) is 12.2 Å². The molecule has 3 nitrogen and oxygen atoms in total. The molecular weight excluding hydrogens is 198 g/mol. The molecule has 3 rings (SSSR count). The van der Waals surface area contributed by atoms with E-state index in [-0.39, 0.29) is 0 Å². The maximum Gasteiger partial charge on any atom is 0.0540 e. The number of hydrogen-bond donors (Lipinski definition) is 0. The van der Waals surface area contributed by atoms with E-state index in [2.05, 4.69) is 51.1 Å². The second-order valence-corrected chi connectivity index (χ2v) is 4.24. The Labute approximate surface area is 95.3 Å². The zero-order valence-electron chi connectivity index (χ0n) is 9.21. The molecule has 3 heteroatoms. The molecule has 82 valence electrons. The molecule has 0 bridgehead atoms. The largest absolute Gasteiger partial charge is 0.291 e. The third-order valence-corrected chi connectivity index (χ3v) is 3.07. The van der Waals surface area contributed by atoms with Crippen LogP contribution >= 0.6 is 0 Å². The third kappa shape index (κ3) is 1.86. The minimum atomic E-state index is 1.01. The van der Waals surface area contributed by atoms with Crippen LogP contribution in [0.2, 0.25) is 0 Å². The van der Waals surface area contributed by atoms with Crippen molar-refractivity contribution in [2.75, 3.05) is 6.54 Å². The predicted molar refractivity (Wildman–Crippen MR) is 62.8 cm³/mol. The summed E-state index contributed by atoms with van der Waals surface area (Å²) in [5, 5.41) is 4.29. The summed E-state index contributed by atoms with van der Waals surface area (Å²) in [5.74, 6) is 0. The molecule has 0 N–H and O–H groups in total. The van der Waals surface area contributed by atoms with Crippen LogP contribution in [0.15, 0.2) is 42.6 Å². The second-order valence-electron chi connectivity index (χ2n) is 4.24. The van der Waals surface area contributed by atoms with Gasteiger partial charge >= 0.3 is 0 Å². The zero-order chi connectivity index (χ0) is 10.8. The van der Waals surface area contributed by atoms with Gasteiger partial charge in [0.15, 0.2) is 0 Å². The van der Waals surface area contributed by atoms with Crippen molar-refractivity contribution < 1.29 is 0 Å². The monoisotopic (exact) mass is 213 g/mol. The lowest BCUT2D eigenvalue weighted by Crippen LogP contribution is -2.33. The average Bonchev–Trinajstić information content (AvgIpc) is 2.77. The predicted octanol–water partition coefficient (Wildman–Crippen LogP) is 1.90. The fourth-order valence-corrected chi connectivity index (χ4v) is 2.22. The van der Waals surface area contributed by atoms with Crippen molar-refractivity contribution in [2.24, 2.45) is 0 Å². The van der Waals surface area contributed by atoms with Crippen LogP contribution in [0.4, 0.5) is 0 Å². The molecule has 0 unspecified atom stereocenters. The van der Waals surface area contributed by atoms with Gasteiger partial charge in [-0.05, 0) is 11.6 Å². The lowest BCUT2D eigenvalue weighted by molar-refractivity contribution is 0.205. The Morgan fingerprint density at radius 3 is 2.81 bits per heavy atom. The quantitative estimate of drug-likeness (QED) is 0.759. The van der Waals surface area contributed by atoms with Gasteiger partial charge in [-0.15, -0.1) is 0 Å². The molecule has 0 radical (unpaired) electrons. The number of fused-ring (bicyclic) bond motifs is 1. The molecule has 0 saturated heterocycles. The first kappa shape index (κ1) is 9.60. The molecule has 0 atom stereocenters.